The van der Waals surface area contributed by atoms with Crippen LogP contribution >= 0.6 is 11.6 Å². The Labute approximate surface area is 171 Å². The molecule has 0 saturated heterocycles. The molecule has 2 N–H and O–H groups in total. The Hall–Kier alpha value is -3.45. The zero-order chi connectivity index (χ0) is 19.8. The first-order valence-corrected chi connectivity index (χ1v) is 9.69. The van der Waals surface area contributed by atoms with Crippen molar-refractivity contribution in [2.24, 2.45) is 0 Å². The van der Waals surface area contributed by atoms with E-state index in [4.69, 9.17) is 11.6 Å². The van der Waals surface area contributed by atoms with E-state index in [-0.39, 0.29) is 5.91 Å². The van der Waals surface area contributed by atoms with Gasteiger partial charge in [-0.1, -0.05) is 35.9 Å². The van der Waals surface area contributed by atoms with Crippen molar-refractivity contribution in [1.82, 2.24) is 25.0 Å². The molecule has 8 heteroatoms. The van der Waals surface area contributed by atoms with Gasteiger partial charge in [0.05, 0.1) is 22.5 Å². The van der Waals surface area contributed by atoms with Gasteiger partial charge in [-0.2, -0.15) is 10.2 Å². The number of nitrogens with zero attached hydrogens (tertiary/aromatic N) is 4. The molecule has 0 atom stereocenters. The van der Waals surface area contributed by atoms with Gasteiger partial charge in [-0.05, 0) is 37.1 Å². The molecule has 0 bridgehead atoms. The number of benzene rings is 2. The highest BCUT2D eigenvalue weighted by atomic mass is 35.5. The summed E-state index contributed by atoms with van der Waals surface area (Å²) in [5.74, 6) is 1.82. The van der Waals surface area contributed by atoms with Gasteiger partial charge in [0.1, 0.15) is 5.82 Å². The Morgan fingerprint density at radius 3 is 2.86 bits per heavy atom. The minimum absolute atomic E-state index is 0.255. The molecule has 1 aliphatic rings. The first-order valence-electron chi connectivity index (χ1n) is 9.31. The van der Waals surface area contributed by atoms with Crippen molar-refractivity contribution in [2.75, 3.05) is 5.32 Å². The van der Waals surface area contributed by atoms with Gasteiger partial charge >= 0.3 is 0 Å². The number of amides is 1. The number of halogens is 1. The van der Waals surface area contributed by atoms with Crippen LogP contribution in [-0.2, 0) is 0 Å². The molecule has 1 fully saturated rings. The van der Waals surface area contributed by atoms with Crippen molar-refractivity contribution < 1.29 is 4.79 Å². The maximum Gasteiger partial charge on any atom is 0.258 e. The fraction of sp³-hybridized carbons (Fsp3) is 0.143. The van der Waals surface area contributed by atoms with Crippen molar-refractivity contribution in [3.05, 3.63) is 77.3 Å². The quantitative estimate of drug-likeness (QED) is 0.514. The molecule has 1 aliphatic carbocycles. The lowest BCUT2D eigenvalue weighted by atomic mass is 10.2. The summed E-state index contributed by atoms with van der Waals surface area (Å²) < 4.78 is 1.58. The van der Waals surface area contributed by atoms with Gasteiger partial charge in [-0.3, -0.25) is 9.89 Å². The Morgan fingerprint density at radius 1 is 1.17 bits per heavy atom. The average Bonchev–Trinajstić information content (AvgIpc) is 3.26. The lowest BCUT2D eigenvalue weighted by Gasteiger charge is -2.05. The zero-order valence-electron chi connectivity index (χ0n) is 15.3. The Balaban J connectivity index is 1.34. The van der Waals surface area contributed by atoms with Crippen LogP contribution < -0.4 is 5.32 Å². The van der Waals surface area contributed by atoms with Crippen LogP contribution in [0.5, 0.6) is 0 Å². The van der Waals surface area contributed by atoms with E-state index in [0.29, 0.717) is 33.7 Å². The minimum atomic E-state index is -0.255. The summed E-state index contributed by atoms with van der Waals surface area (Å²) in [6.45, 7) is 0. The molecule has 7 nitrogen and oxygen atoms in total. The second-order valence-corrected chi connectivity index (χ2v) is 7.39. The van der Waals surface area contributed by atoms with E-state index in [1.54, 1.807) is 16.9 Å². The van der Waals surface area contributed by atoms with Crippen molar-refractivity contribution >= 4 is 23.2 Å². The molecule has 144 valence electrons. The number of aromatic amines is 1. The Morgan fingerprint density at radius 2 is 2.03 bits per heavy atom. The largest absolute Gasteiger partial charge is 0.322 e. The molecule has 2 heterocycles. The number of para-hydroxylation sites is 1. The van der Waals surface area contributed by atoms with Crippen LogP contribution in [0, 0.1) is 0 Å². The van der Waals surface area contributed by atoms with Crippen molar-refractivity contribution in [3.8, 4) is 17.1 Å². The standard InChI is InChI=1S/C21H17ClN6O/c22-17-6-1-2-7-18(17)28-12-15(11-23-28)21(29)24-16-5-3-4-14(10-16)20-25-19(26-27-20)13-8-9-13/h1-7,10-13H,8-9H2,(H,24,29)(H,25,26,27). The van der Waals surface area contributed by atoms with E-state index < -0.39 is 0 Å². The monoisotopic (exact) mass is 404 g/mol. The zero-order valence-corrected chi connectivity index (χ0v) is 16.1. The van der Waals surface area contributed by atoms with Crippen LogP contribution in [0.3, 0.4) is 0 Å². The molecule has 4 aromatic rings. The van der Waals surface area contributed by atoms with Crippen molar-refractivity contribution in [2.45, 2.75) is 18.8 Å². The summed E-state index contributed by atoms with van der Waals surface area (Å²) in [5, 5.41) is 15.0. The SMILES string of the molecule is O=C(Nc1cccc(-c2n[nH]c(C3CC3)n2)c1)c1cnn(-c2ccccc2Cl)c1. The predicted octanol–water partition coefficient (Wildman–Crippen LogP) is 4.44. The summed E-state index contributed by atoms with van der Waals surface area (Å²) >= 11 is 6.20. The highest BCUT2D eigenvalue weighted by Gasteiger charge is 2.27. The molecule has 0 spiro atoms. The summed E-state index contributed by atoms with van der Waals surface area (Å²) in [4.78, 5) is 17.2. The molecular formula is C21H17ClN6O. The van der Waals surface area contributed by atoms with Crippen LogP contribution in [-0.4, -0.2) is 30.9 Å². The van der Waals surface area contributed by atoms with Crippen LogP contribution in [0.15, 0.2) is 60.9 Å². The van der Waals surface area contributed by atoms with Crippen LogP contribution in [0.1, 0.15) is 34.9 Å². The van der Waals surface area contributed by atoms with Crippen molar-refractivity contribution in [1.29, 1.82) is 0 Å². The fourth-order valence-electron chi connectivity index (χ4n) is 3.09. The number of nitrogens with one attached hydrogen (secondary N) is 2. The molecule has 0 unspecified atom stereocenters. The highest BCUT2D eigenvalue weighted by Crippen LogP contribution is 2.38. The smallest absolute Gasteiger partial charge is 0.258 e. The van der Waals surface area contributed by atoms with Gasteiger partial charge < -0.3 is 5.32 Å². The Bertz CT molecular complexity index is 1190. The number of anilines is 1. The number of aromatic nitrogens is 5. The van der Waals surface area contributed by atoms with Gasteiger partial charge in [-0.25, -0.2) is 9.67 Å². The Kier molecular flexibility index (Phi) is 4.37. The summed E-state index contributed by atoms with van der Waals surface area (Å²) in [6, 6.07) is 14.8. The van der Waals surface area contributed by atoms with Gasteiger partial charge in [0.2, 0.25) is 0 Å². The number of hydrogen-bond acceptors (Lipinski definition) is 4. The average molecular weight is 405 g/mol. The lowest BCUT2D eigenvalue weighted by Crippen LogP contribution is -2.11. The van der Waals surface area contributed by atoms with Crippen LogP contribution in [0.25, 0.3) is 17.1 Å². The fourth-order valence-corrected chi connectivity index (χ4v) is 3.31. The molecule has 5 rings (SSSR count). The van der Waals surface area contributed by atoms with Gasteiger partial charge in [0.15, 0.2) is 5.82 Å². The van der Waals surface area contributed by atoms with Crippen LogP contribution in [0.4, 0.5) is 5.69 Å². The summed E-state index contributed by atoms with van der Waals surface area (Å²) in [5.41, 5.74) is 2.66. The molecule has 1 amide bonds. The maximum absolute atomic E-state index is 12.7. The highest BCUT2D eigenvalue weighted by molar-refractivity contribution is 6.32. The molecule has 29 heavy (non-hydrogen) atoms. The first kappa shape index (κ1) is 17.6. The molecular weight excluding hydrogens is 388 g/mol. The molecule has 0 aliphatic heterocycles. The van der Waals surface area contributed by atoms with Crippen molar-refractivity contribution in [3.63, 3.8) is 0 Å². The maximum atomic E-state index is 12.7. The number of H-pyrrole nitrogens is 1. The number of carbonyl (C=O) groups is 1. The third-order valence-corrected chi connectivity index (χ3v) is 5.11. The second-order valence-electron chi connectivity index (χ2n) is 6.98. The third-order valence-electron chi connectivity index (χ3n) is 4.79. The number of hydrogen-bond donors (Lipinski definition) is 2. The lowest BCUT2D eigenvalue weighted by molar-refractivity contribution is 0.102. The normalized spacial score (nSPS) is 13.4. The van der Waals surface area contributed by atoms with Gasteiger partial charge in [-0.15, -0.1) is 0 Å². The topological polar surface area (TPSA) is 88.5 Å². The second kappa shape index (κ2) is 7.18. The summed E-state index contributed by atoms with van der Waals surface area (Å²) in [6.07, 6.45) is 5.48. The first-order chi connectivity index (χ1) is 14.2. The summed E-state index contributed by atoms with van der Waals surface area (Å²) in [7, 11) is 0. The number of carbonyl (C=O) groups excluding carboxylic acids is 1. The molecule has 2 aromatic heterocycles. The van der Waals surface area contributed by atoms with E-state index in [1.807, 2.05) is 42.5 Å². The number of rotatable bonds is 5. The van der Waals surface area contributed by atoms with Gasteiger partial charge in [0, 0.05) is 23.4 Å². The van der Waals surface area contributed by atoms with Gasteiger partial charge in [0.25, 0.3) is 5.91 Å². The van der Waals surface area contributed by atoms with E-state index in [0.717, 1.165) is 24.2 Å². The van der Waals surface area contributed by atoms with E-state index >= 15 is 0 Å². The molecule has 1 saturated carbocycles. The van der Waals surface area contributed by atoms with E-state index in [2.05, 4.69) is 25.6 Å². The van der Waals surface area contributed by atoms with Crippen LogP contribution in [0.2, 0.25) is 5.02 Å². The molecule has 2 aromatic carbocycles. The van der Waals surface area contributed by atoms with E-state index in [1.165, 1.54) is 6.20 Å². The predicted molar refractivity (Wildman–Crippen MR) is 110 cm³/mol. The third kappa shape index (κ3) is 3.64. The van der Waals surface area contributed by atoms with E-state index in [9.17, 15) is 4.79 Å². The molecule has 0 radical (unpaired) electrons. The minimum Gasteiger partial charge on any atom is -0.322 e.